The van der Waals surface area contributed by atoms with Gasteiger partial charge in [0.25, 0.3) is 0 Å². The van der Waals surface area contributed by atoms with Crippen molar-refractivity contribution in [1.82, 2.24) is 4.90 Å². The smallest absolute Gasteiger partial charge is 0.220 e. The van der Waals surface area contributed by atoms with E-state index in [1.807, 2.05) is 6.34 Å². The van der Waals surface area contributed by atoms with Gasteiger partial charge in [-0.2, -0.15) is 4.99 Å². The Labute approximate surface area is 105 Å². The van der Waals surface area contributed by atoms with Crippen molar-refractivity contribution < 1.29 is 9.84 Å². The topological polar surface area (TPSA) is 95.8 Å². The summed E-state index contributed by atoms with van der Waals surface area (Å²) in [5.74, 6) is 1.16. The molecule has 98 valence electrons. The molecule has 0 spiro atoms. The highest BCUT2D eigenvalue weighted by Gasteiger charge is 2.44. The van der Waals surface area contributed by atoms with Gasteiger partial charge < -0.3 is 20.5 Å². The van der Waals surface area contributed by atoms with E-state index < -0.39 is 0 Å². The number of hydrogen-bond acceptors (Lipinski definition) is 7. The van der Waals surface area contributed by atoms with Crippen LogP contribution in [-0.4, -0.2) is 60.2 Å². The van der Waals surface area contributed by atoms with Crippen LogP contribution in [-0.2, 0) is 4.74 Å². The predicted octanol–water partition coefficient (Wildman–Crippen LogP) is -0.831. The standard InChI is InChI=1S/C11H17N5O2/c1-18-10-8-9(14-11(12)15-10)16(5-13-8)7-2-6(3-7)4-17/h5-9,17H,2-4H2,1H3,(H2,12,14)/t6-,7+,8?,9?. The fourth-order valence-corrected chi connectivity index (χ4v) is 2.70. The highest BCUT2D eigenvalue weighted by molar-refractivity contribution is 5.99. The number of fused-ring (bicyclic) bond motifs is 1. The van der Waals surface area contributed by atoms with Gasteiger partial charge in [0.05, 0.1) is 13.4 Å². The lowest BCUT2D eigenvalue weighted by atomic mass is 9.80. The van der Waals surface area contributed by atoms with Gasteiger partial charge in [0.2, 0.25) is 11.9 Å². The van der Waals surface area contributed by atoms with Crippen LogP contribution in [0.15, 0.2) is 15.0 Å². The minimum absolute atomic E-state index is 0.137. The van der Waals surface area contributed by atoms with Crippen LogP contribution in [0.5, 0.6) is 0 Å². The van der Waals surface area contributed by atoms with Crippen LogP contribution in [0.2, 0.25) is 0 Å². The largest absolute Gasteiger partial charge is 0.482 e. The summed E-state index contributed by atoms with van der Waals surface area (Å²) in [6, 6.07) is 0.198. The Morgan fingerprint density at radius 2 is 2.33 bits per heavy atom. The van der Waals surface area contributed by atoms with Crippen molar-refractivity contribution in [2.45, 2.75) is 31.1 Å². The van der Waals surface area contributed by atoms with Crippen LogP contribution < -0.4 is 5.73 Å². The first kappa shape index (κ1) is 11.5. The van der Waals surface area contributed by atoms with E-state index in [4.69, 9.17) is 15.6 Å². The fraction of sp³-hybridized carbons (Fsp3) is 0.727. The first-order valence-electron chi connectivity index (χ1n) is 6.10. The Morgan fingerprint density at radius 3 is 3.00 bits per heavy atom. The molecule has 0 aromatic rings. The van der Waals surface area contributed by atoms with Gasteiger partial charge in [-0.3, -0.25) is 4.99 Å². The van der Waals surface area contributed by atoms with E-state index in [2.05, 4.69) is 19.9 Å². The van der Waals surface area contributed by atoms with Crippen molar-refractivity contribution >= 4 is 18.2 Å². The van der Waals surface area contributed by atoms with E-state index in [-0.39, 0.29) is 24.8 Å². The number of hydrogen-bond donors (Lipinski definition) is 2. The second-order valence-corrected chi connectivity index (χ2v) is 4.89. The van der Waals surface area contributed by atoms with Crippen LogP contribution in [0.4, 0.5) is 0 Å². The summed E-state index contributed by atoms with van der Waals surface area (Å²) in [6.07, 6.45) is 3.62. The molecule has 0 amide bonds. The first-order chi connectivity index (χ1) is 8.72. The van der Waals surface area contributed by atoms with Crippen molar-refractivity contribution in [3.8, 4) is 0 Å². The van der Waals surface area contributed by atoms with Crippen molar-refractivity contribution in [2.75, 3.05) is 13.7 Å². The average Bonchev–Trinajstić information content (AvgIpc) is 2.71. The van der Waals surface area contributed by atoms with E-state index in [0.717, 1.165) is 12.8 Å². The summed E-state index contributed by atoms with van der Waals surface area (Å²) in [5.41, 5.74) is 5.69. The number of ether oxygens (including phenoxy) is 1. The van der Waals surface area contributed by atoms with Gasteiger partial charge >= 0.3 is 0 Å². The molecule has 1 fully saturated rings. The lowest BCUT2D eigenvalue weighted by Crippen LogP contribution is -2.52. The van der Waals surface area contributed by atoms with Crippen LogP contribution in [0.1, 0.15) is 12.8 Å². The zero-order valence-electron chi connectivity index (χ0n) is 10.2. The molecule has 1 saturated carbocycles. The van der Waals surface area contributed by atoms with Crippen molar-refractivity contribution in [2.24, 2.45) is 26.6 Å². The lowest BCUT2D eigenvalue weighted by molar-refractivity contribution is 0.0707. The Kier molecular flexibility index (Phi) is 2.70. The van der Waals surface area contributed by atoms with Crippen LogP contribution in [0.3, 0.4) is 0 Å². The Hall–Kier alpha value is -1.63. The van der Waals surface area contributed by atoms with Crippen LogP contribution in [0, 0.1) is 5.92 Å². The number of guanidine groups is 1. The van der Waals surface area contributed by atoms with E-state index >= 15 is 0 Å². The zero-order chi connectivity index (χ0) is 12.7. The maximum Gasteiger partial charge on any atom is 0.220 e. The molecule has 0 aromatic heterocycles. The first-order valence-corrected chi connectivity index (χ1v) is 6.10. The molecule has 2 atom stereocenters. The monoisotopic (exact) mass is 251 g/mol. The summed E-state index contributed by atoms with van der Waals surface area (Å²) >= 11 is 0. The molecule has 3 aliphatic rings. The third-order valence-electron chi connectivity index (χ3n) is 3.79. The molecule has 18 heavy (non-hydrogen) atoms. The zero-order valence-corrected chi connectivity index (χ0v) is 10.2. The van der Waals surface area contributed by atoms with Gasteiger partial charge in [0, 0.05) is 12.6 Å². The molecule has 2 aliphatic heterocycles. The maximum absolute atomic E-state index is 9.06. The molecule has 2 heterocycles. The van der Waals surface area contributed by atoms with Gasteiger partial charge in [0.1, 0.15) is 0 Å². The molecule has 1 aliphatic carbocycles. The van der Waals surface area contributed by atoms with Gasteiger partial charge in [0.15, 0.2) is 12.2 Å². The quantitative estimate of drug-likeness (QED) is 0.669. The van der Waals surface area contributed by atoms with Crippen molar-refractivity contribution in [3.05, 3.63) is 0 Å². The van der Waals surface area contributed by atoms with Gasteiger partial charge in [-0.1, -0.05) is 0 Å². The van der Waals surface area contributed by atoms with Gasteiger partial charge in [-0.15, -0.1) is 0 Å². The highest BCUT2D eigenvalue weighted by atomic mass is 16.5. The van der Waals surface area contributed by atoms with Crippen LogP contribution in [0.25, 0.3) is 0 Å². The fourth-order valence-electron chi connectivity index (χ4n) is 2.70. The van der Waals surface area contributed by atoms with E-state index in [1.165, 1.54) is 0 Å². The van der Waals surface area contributed by atoms with Crippen LogP contribution >= 0.6 is 0 Å². The van der Waals surface area contributed by atoms with Gasteiger partial charge in [-0.05, 0) is 18.8 Å². The highest BCUT2D eigenvalue weighted by Crippen LogP contribution is 2.35. The number of nitrogens with zero attached hydrogens (tertiary/aromatic N) is 4. The number of nitrogens with two attached hydrogens (primary N) is 1. The molecule has 3 rings (SSSR count). The number of methoxy groups -OCH3 is 1. The molecular formula is C11H17N5O2. The molecule has 7 heteroatoms. The SMILES string of the molecule is COC1=NC(N)=NC2C1N=CN2[C@H]1C[C@@H](CO)C1. The summed E-state index contributed by atoms with van der Waals surface area (Å²) in [7, 11) is 1.57. The lowest BCUT2D eigenvalue weighted by Gasteiger charge is -2.42. The maximum atomic E-state index is 9.06. The molecule has 0 radical (unpaired) electrons. The van der Waals surface area contributed by atoms with E-state index in [9.17, 15) is 0 Å². The minimum Gasteiger partial charge on any atom is -0.482 e. The minimum atomic E-state index is -0.185. The third kappa shape index (κ3) is 1.66. The van der Waals surface area contributed by atoms with Crippen molar-refractivity contribution in [3.63, 3.8) is 0 Å². The number of rotatable bonds is 2. The number of aliphatic hydroxyl groups excluding tert-OH is 1. The summed E-state index contributed by atoms with van der Waals surface area (Å²) in [5, 5.41) is 9.06. The molecule has 3 N–H and O–H groups in total. The summed E-state index contributed by atoms with van der Waals surface area (Å²) in [4.78, 5) is 14.9. The number of aliphatic hydroxyl groups is 1. The summed E-state index contributed by atoms with van der Waals surface area (Å²) < 4.78 is 5.21. The Morgan fingerprint density at radius 1 is 1.56 bits per heavy atom. The molecule has 2 unspecified atom stereocenters. The Bertz CT molecular complexity index is 427. The second kappa shape index (κ2) is 4.24. The molecule has 0 aromatic carbocycles. The average molecular weight is 251 g/mol. The van der Waals surface area contributed by atoms with Crippen molar-refractivity contribution in [1.29, 1.82) is 0 Å². The number of aliphatic imine (C=N–C) groups is 3. The summed E-state index contributed by atoms with van der Waals surface area (Å²) in [6.45, 7) is 0.256. The predicted molar refractivity (Wildman–Crippen MR) is 67.6 cm³/mol. The second-order valence-electron chi connectivity index (χ2n) is 4.89. The Balaban J connectivity index is 1.74. The normalized spacial score (nSPS) is 37.8. The van der Waals surface area contributed by atoms with E-state index in [1.54, 1.807) is 7.11 Å². The molecule has 0 saturated heterocycles. The molecule has 0 bridgehead atoms. The third-order valence-corrected chi connectivity index (χ3v) is 3.79. The molecular weight excluding hydrogens is 234 g/mol. The van der Waals surface area contributed by atoms with E-state index in [0.29, 0.717) is 17.9 Å². The molecule has 7 nitrogen and oxygen atoms in total. The van der Waals surface area contributed by atoms with Gasteiger partial charge in [-0.25, -0.2) is 4.99 Å².